The molecule has 1 fully saturated rings. The first-order valence-electron chi connectivity index (χ1n) is 3.85. The van der Waals surface area contributed by atoms with E-state index in [9.17, 15) is 0 Å². The molecular formula is C9H10O3. The number of aliphatic hydroxyl groups excluding tert-OH is 1. The highest BCUT2D eigenvalue weighted by Crippen LogP contribution is 2.39. The molecule has 1 aliphatic rings. The van der Waals surface area contributed by atoms with Crippen LogP contribution in [0.1, 0.15) is 11.7 Å². The molecule has 0 unspecified atom stereocenters. The van der Waals surface area contributed by atoms with Gasteiger partial charge >= 0.3 is 0 Å². The van der Waals surface area contributed by atoms with Gasteiger partial charge in [-0.2, -0.15) is 0 Å². The van der Waals surface area contributed by atoms with Crippen LogP contribution in [0.4, 0.5) is 0 Å². The van der Waals surface area contributed by atoms with Crippen LogP contribution in [0.3, 0.4) is 0 Å². The van der Waals surface area contributed by atoms with E-state index in [0.717, 1.165) is 5.56 Å². The minimum absolute atomic E-state index is 0.133. The first-order chi connectivity index (χ1) is 5.79. The maximum absolute atomic E-state index is 8.75. The van der Waals surface area contributed by atoms with Crippen LogP contribution in [-0.4, -0.2) is 22.6 Å². The van der Waals surface area contributed by atoms with Gasteiger partial charge in [-0.15, -0.1) is 0 Å². The molecule has 0 saturated carbocycles. The van der Waals surface area contributed by atoms with Gasteiger partial charge in [-0.1, -0.05) is 30.3 Å². The molecule has 0 radical (unpaired) electrons. The summed E-state index contributed by atoms with van der Waals surface area (Å²) in [5, 5.41) is 17.5. The number of aliphatic hydroxyl groups is 2. The van der Waals surface area contributed by atoms with Crippen LogP contribution in [-0.2, 0) is 4.74 Å². The van der Waals surface area contributed by atoms with Crippen LogP contribution in [0.5, 0.6) is 0 Å². The molecule has 12 heavy (non-hydrogen) atoms. The fraction of sp³-hybridized carbons (Fsp3) is 0.333. The maximum atomic E-state index is 8.75. The predicted molar refractivity (Wildman–Crippen MR) is 42.3 cm³/mol. The Morgan fingerprint density at radius 2 is 1.83 bits per heavy atom. The van der Waals surface area contributed by atoms with E-state index in [-0.39, 0.29) is 6.10 Å². The maximum Gasteiger partial charge on any atom is 0.181 e. The Kier molecular flexibility index (Phi) is 1.84. The standard InChI is InChI=1S/C9H10O3/c10-9(11)8-7(12-8)6-4-2-1-3-5-6/h1-5,7-11H/t7-,8-/m0/s1. The normalized spacial score (nSPS) is 27.6. The zero-order valence-electron chi connectivity index (χ0n) is 6.42. The van der Waals surface area contributed by atoms with E-state index in [0.29, 0.717) is 0 Å². The van der Waals surface area contributed by atoms with E-state index in [1.54, 1.807) is 0 Å². The highest BCUT2D eigenvalue weighted by atomic mass is 16.6. The Morgan fingerprint density at radius 1 is 1.17 bits per heavy atom. The molecular weight excluding hydrogens is 156 g/mol. The van der Waals surface area contributed by atoms with Gasteiger partial charge in [0.2, 0.25) is 0 Å². The Labute approximate surface area is 70.2 Å². The Morgan fingerprint density at radius 3 is 2.33 bits per heavy atom. The van der Waals surface area contributed by atoms with E-state index in [4.69, 9.17) is 14.9 Å². The quantitative estimate of drug-likeness (QED) is 0.495. The highest BCUT2D eigenvalue weighted by Gasteiger charge is 2.44. The van der Waals surface area contributed by atoms with E-state index in [2.05, 4.69) is 0 Å². The number of ether oxygens (including phenoxy) is 1. The summed E-state index contributed by atoms with van der Waals surface area (Å²) in [6.07, 6.45) is -1.94. The molecule has 2 rings (SSSR count). The van der Waals surface area contributed by atoms with Gasteiger partial charge in [0.15, 0.2) is 6.29 Å². The molecule has 0 bridgehead atoms. The second-order valence-electron chi connectivity index (χ2n) is 2.85. The third-order valence-corrected chi connectivity index (χ3v) is 1.95. The molecule has 1 aromatic rings. The van der Waals surface area contributed by atoms with Gasteiger partial charge in [-0.05, 0) is 5.56 Å². The molecule has 0 aromatic heterocycles. The van der Waals surface area contributed by atoms with Crippen molar-refractivity contribution in [2.75, 3.05) is 0 Å². The molecule has 1 aliphatic heterocycles. The SMILES string of the molecule is OC(O)[C@H]1O[C@H]1c1ccccc1. The summed E-state index contributed by atoms with van der Waals surface area (Å²) in [5.41, 5.74) is 0.996. The van der Waals surface area contributed by atoms with Crippen molar-refractivity contribution in [1.82, 2.24) is 0 Å². The van der Waals surface area contributed by atoms with E-state index >= 15 is 0 Å². The lowest BCUT2D eigenvalue weighted by Gasteiger charge is -1.96. The average Bonchev–Trinajstić information content (AvgIpc) is 2.84. The summed E-state index contributed by atoms with van der Waals surface area (Å²) < 4.78 is 5.06. The first-order valence-corrected chi connectivity index (χ1v) is 3.85. The molecule has 3 heteroatoms. The molecule has 0 aliphatic carbocycles. The zero-order chi connectivity index (χ0) is 8.55. The van der Waals surface area contributed by atoms with Gasteiger partial charge in [-0.3, -0.25) is 0 Å². The molecule has 0 amide bonds. The topological polar surface area (TPSA) is 53.0 Å². The molecule has 0 spiro atoms. The lowest BCUT2D eigenvalue weighted by molar-refractivity contribution is -0.0582. The number of hydrogen-bond donors (Lipinski definition) is 2. The molecule has 2 N–H and O–H groups in total. The van der Waals surface area contributed by atoms with Crippen LogP contribution < -0.4 is 0 Å². The molecule has 64 valence electrons. The molecule has 3 nitrogen and oxygen atoms in total. The summed E-state index contributed by atoms with van der Waals surface area (Å²) in [7, 11) is 0. The van der Waals surface area contributed by atoms with Crippen molar-refractivity contribution in [3.05, 3.63) is 35.9 Å². The van der Waals surface area contributed by atoms with Crippen LogP contribution in [0.15, 0.2) is 30.3 Å². The highest BCUT2D eigenvalue weighted by molar-refractivity contribution is 5.22. The second kappa shape index (κ2) is 2.86. The third kappa shape index (κ3) is 1.34. The van der Waals surface area contributed by atoms with Crippen LogP contribution in [0.25, 0.3) is 0 Å². The summed E-state index contributed by atoms with van der Waals surface area (Å²) in [6, 6.07) is 9.53. The van der Waals surface area contributed by atoms with E-state index in [1.165, 1.54) is 0 Å². The first kappa shape index (κ1) is 7.73. The summed E-state index contributed by atoms with van der Waals surface area (Å²) in [6.45, 7) is 0. The lowest BCUT2D eigenvalue weighted by atomic mass is 10.1. The summed E-state index contributed by atoms with van der Waals surface area (Å²) in [4.78, 5) is 0. The molecule has 2 atom stereocenters. The van der Waals surface area contributed by atoms with Crippen molar-refractivity contribution >= 4 is 0 Å². The number of benzene rings is 1. The third-order valence-electron chi connectivity index (χ3n) is 1.95. The van der Waals surface area contributed by atoms with Crippen LogP contribution >= 0.6 is 0 Å². The van der Waals surface area contributed by atoms with Crippen molar-refractivity contribution in [3.63, 3.8) is 0 Å². The molecule has 1 heterocycles. The van der Waals surface area contributed by atoms with Gasteiger partial charge in [0.25, 0.3) is 0 Å². The monoisotopic (exact) mass is 166 g/mol. The van der Waals surface area contributed by atoms with Crippen molar-refractivity contribution in [2.24, 2.45) is 0 Å². The largest absolute Gasteiger partial charge is 0.366 e. The minimum Gasteiger partial charge on any atom is -0.366 e. The van der Waals surface area contributed by atoms with E-state index in [1.807, 2.05) is 30.3 Å². The van der Waals surface area contributed by atoms with Gasteiger partial charge < -0.3 is 14.9 Å². The predicted octanol–water partition coefficient (Wildman–Crippen LogP) is 0.437. The zero-order valence-corrected chi connectivity index (χ0v) is 6.42. The van der Waals surface area contributed by atoms with Gasteiger partial charge in [0, 0.05) is 0 Å². The number of hydrogen-bond acceptors (Lipinski definition) is 3. The van der Waals surface area contributed by atoms with Crippen molar-refractivity contribution in [3.8, 4) is 0 Å². The van der Waals surface area contributed by atoms with Crippen molar-refractivity contribution < 1.29 is 14.9 Å². The van der Waals surface area contributed by atoms with Gasteiger partial charge in [0.1, 0.15) is 12.2 Å². The van der Waals surface area contributed by atoms with Crippen LogP contribution in [0.2, 0.25) is 0 Å². The summed E-state index contributed by atoms with van der Waals surface area (Å²) in [5.74, 6) is 0. The average molecular weight is 166 g/mol. The lowest BCUT2D eigenvalue weighted by Crippen LogP contribution is -2.13. The minimum atomic E-state index is -1.37. The Bertz CT molecular complexity index is 258. The van der Waals surface area contributed by atoms with Gasteiger partial charge in [0.05, 0.1) is 0 Å². The second-order valence-corrected chi connectivity index (χ2v) is 2.85. The van der Waals surface area contributed by atoms with Crippen molar-refractivity contribution in [1.29, 1.82) is 0 Å². The van der Waals surface area contributed by atoms with Crippen LogP contribution in [0, 0.1) is 0 Å². The van der Waals surface area contributed by atoms with E-state index < -0.39 is 12.4 Å². The fourth-order valence-electron chi connectivity index (χ4n) is 1.26. The van der Waals surface area contributed by atoms with Gasteiger partial charge in [-0.25, -0.2) is 0 Å². The molecule has 1 aromatic carbocycles. The Balaban J connectivity index is 2.06. The smallest absolute Gasteiger partial charge is 0.181 e. The Hall–Kier alpha value is -0.900. The number of rotatable bonds is 2. The summed E-state index contributed by atoms with van der Waals surface area (Å²) >= 11 is 0. The van der Waals surface area contributed by atoms with Crippen molar-refractivity contribution in [2.45, 2.75) is 18.5 Å². The number of epoxide rings is 1. The molecule has 1 saturated heterocycles. The fourth-order valence-corrected chi connectivity index (χ4v) is 1.26.